The average molecular weight is 272 g/mol. The molecule has 0 aromatic rings. The maximum Gasteiger partial charge on any atom is 0.213 e. The summed E-state index contributed by atoms with van der Waals surface area (Å²) in [5, 5.41) is 0. The van der Waals surface area contributed by atoms with Crippen molar-refractivity contribution < 1.29 is 13.2 Å². The van der Waals surface area contributed by atoms with Gasteiger partial charge < -0.3 is 4.74 Å². The van der Waals surface area contributed by atoms with Crippen molar-refractivity contribution in [3.63, 3.8) is 0 Å². The SMILES string of the molecule is CCOCCS(=O)(=O)NCC(C)(C)CCCl. The van der Waals surface area contributed by atoms with Crippen molar-refractivity contribution in [3.8, 4) is 0 Å². The van der Waals surface area contributed by atoms with Crippen LogP contribution in [0.1, 0.15) is 27.2 Å². The number of hydrogen-bond donors (Lipinski definition) is 1. The number of rotatable bonds is 9. The molecule has 0 rings (SSSR count). The first kappa shape index (κ1) is 16.2. The van der Waals surface area contributed by atoms with E-state index < -0.39 is 10.0 Å². The molecule has 98 valence electrons. The molecule has 0 aromatic heterocycles. The molecule has 0 heterocycles. The Balaban J connectivity index is 3.98. The van der Waals surface area contributed by atoms with E-state index in [2.05, 4.69) is 4.72 Å². The molecule has 4 nitrogen and oxygen atoms in total. The lowest BCUT2D eigenvalue weighted by Crippen LogP contribution is -2.36. The average Bonchev–Trinajstić information content (AvgIpc) is 2.16. The highest BCUT2D eigenvalue weighted by atomic mass is 35.5. The summed E-state index contributed by atoms with van der Waals surface area (Å²) in [7, 11) is -3.22. The van der Waals surface area contributed by atoms with Crippen LogP contribution in [-0.2, 0) is 14.8 Å². The van der Waals surface area contributed by atoms with Gasteiger partial charge in [-0.1, -0.05) is 13.8 Å². The predicted octanol–water partition coefficient (Wildman–Crippen LogP) is 1.60. The van der Waals surface area contributed by atoms with Crippen molar-refractivity contribution in [2.24, 2.45) is 5.41 Å². The molecule has 0 unspecified atom stereocenters. The topological polar surface area (TPSA) is 55.4 Å². The molecule has 0 saturated heterocycles. The van der Waals surface area contributed by atoms with Crippen molar-refractivity contribution in [2.45, 2.75) is 27.2 Å². The minimum atomic E-state index is -3.22. The molecular formula is C10H22ClNO3S. The van der Waals surface area contributed by atoms with Crippen molar-refractivity contribution in [1.82, 2.24) is 4.72 Å². The van der Waals surface area contributed by atoms with Gasteiger partial charge in [-0.15, -0.1) is 11.6 Å². The Kier molecular flexibility index (Phi) is 7.55. The standard InChI is InChI=1S/C10H22ClNO3S/c1-4-15-7-8-16(13,14)12-9-10(2,3)5-6-11/h12H,4-9H2,1-3H3. The van der Waals surface area contributed by atoms with Crippen LogP contribution in [0.15, 0.2) is 0 Å². The van der Waals surface area contributed by atoms with Crippen LogP contribution < -0.4 is 4.72 Å². The van der Waals surface area contributed by atoms with Gasteiger partial charge in [0.2, 0.25) is 10.0 Å². The summed E-state index contributed by atoms with van der Waals surface area (Å²) >= 11 is 5.64. The number of halogens is 1. The minimum Gasteiger partial charge on any atom is -0.381 e. The van der Waals surface area contributed by atoms with Gasteiger partial charge in [-0.2, -0.15) is 0 Å². The molecule has 0 atom stereocenters. The highest BCUT2D eigenvalue weighted by molar-refractivity contribution is 7.89. The van der Waals surface area contributed by atoms with Gasteiger partial charge in [0, 0.05) is 19.0 Å². The van der Waals surface area contributed by atoms with Gasteiger partial charge in [0.15, 0.2) is 0 Å². The maximum absolute atomic E-state index is 11.5. The summed E-state index contributed by atoms with van der Waals surface area (Å²) in [6, 6.07) is 0. The molecule has 0 radical (unpaired) electrons. The van der Waals surface area contributed by atoms with Gasteiger partial charge in [0.1, 0.15) is 0 Å². The zero-order chi connectivity index (χ0) is 12.7. The molecule has 0 spiro atoms. The van der Waals surface area contributed by atoms with Gasteiger partial charge in [-0.3, -0.25) is 0 Å². The van der Waals surface area contributed by atoms with E-state index in [-0.39, 0.29) is 17.8 Å². The van der Waals surface area contributed by atoms with E-state index in [0.717, 1.165) is 6.42 Å². The summed E-state index contributed by atoms with van der Waals surface area (Å²) in [6.07, 6.45) is 0.780. The molecule has 6 heteroatoms. The van der Waals surface area contributed by atoms with Crippen LogP contribution in [0.5, 0.6) is 0 Å². The second kappa shape index (κ2) is 7.48. The molecule has 0 aliphatic carbocycles. The van der Waals surface area contributed by atoms with Gasteiger partial charge in [0.05, 0.1) is 12.4 Å². The lowest BCUT2D eigenvalue weighted by molar-refractivity contribution is 0.163. The Morgan fingerprint density at radius 2 is 2.00 bits per heavy atom. The Hall–Kier alpha value is 0.160. The van der Waals surface area contributed by atoms with Crippen LogP contribution in [0.3, 0.4) is 0 Å². The fraction of sp³-hybridized carbons (Fsp3) is 1.00. The van der Waals surface area contributed by atoms with Crippen LogP contribution in [0, 0.1) is 5.41 Å². The molecule has 0 aliphatic heterocycles. The van der Waals surface area contributed by atoms with Gasteiger partial charge in [0.25, 0.3) is 0 Å². The highest BCUT2D eigenvalue weighted by Crippen LogP contribution is 2.19. The lowest BCUT2D eigenvalue weighted by Gasteiger charge is -2.23. The van der Waals surface area contributed by atoms with Gasteiger partial charge in [-0.25, -0.2) is 13.1 Å². The minimum absolute atomic E-state index is 0.0117. The molecule has 0 saturated carbocycles. The van der Waals surface area contributed by atoms with Crippen LogP contribution in [-0.4, -0.2) is 39.8 Å². The highest BCUT2D eigenvalue weighted by Gasteiger charge is 2.20. The predicted molar refractivity (Wildman–Crippen MR) is 67.4 cm³/mol. The van der Waals surface area contributed by atoms with E-state index >= 15 is 0 Å². The monoisotopic (exact) mass is 271 g/mol. The fourth-order valence-corrected chi connectivity index (χ4v) is 2.64. The number of sulfonamides is 1. The molecule has 0 aromatic carbocycles. The first-order chi connectivity index (χ1) is 7.33. The van der Waals surface area contributed by atoms with Crippen molar-refractivity contribution in [2.75, 3.05) is 31.4 Å². The Morgan fingerprint density at radius 3 is 2.50 bits per heavy atom. The van der Waals surface area contributed by atoms with E-state index in [1.807, 2.05) is 20.8 Å². The summed E-state index contributed by atoms with van der Waals surface area (Å²) in [6.45, 7) is 6.99. The van der Waals surface area contributed by atoms with E-state index in [1.54, 1.807) is 0 Å². The largest absolute Gasteiger partial charge is 0.381 e. The zero-order valence-corrected chi connectivity index (χ0v) is 11.8. The summed E-state index contributed by atoms with van der Waals surface area (Å²) < 4.78 is 30.6. The molecule has 0 fully saturated rings. The zero-order valence-electron chi connectivity index (χ0n) is 10.3. The Bertz CT molecular complexity index is 278. The Morgan fingerprint density at radius 1 is 1.38 bits per heavy atom. The smallest absolute Gasteiger partial charge is 0.213 e. The van der Waals surface area contributed by atoms with Gasteiger partial charge in [-0.05, 0) is 18.8 Å². The second-order valence-corrected chi connectivity index (χ2v) is 6.74. The van der Waals surface area contributed by atoms with Crippen LogP contribution in [0.4, 0.5) is 0 Å². The molecule has 0 amide bonds. The fourth-order valence-electron chi connectivity index (χ4n) is 1.03. The van der Waals surface area contributed by atoms with E-state index in [1.165, 1.54) is 0 Å². The molecule has 0 aliphatic rings. The third-order valence-corrected chi connectivity index (χ3v) is 3.72. The van der Waals surface area contributed by atoms with E-state index in [9.17, 15) is 8.42 Å². The third kappa shape index (κ3) is 8.33. The molecular weight excluding hydrogens is 250 g/mol. The summed E-state index contributed by atoms with van der Waals surface area (Å²) in [4.78, 5) is 0. The molecule has 16 heavy (non-hydrogen) atoms. The van der Waals surface area contributed by atoms with Crippen molar-refractivity contribution in [3.05, 3.63) is 0 Å². The van der Waals surface area contributed by atoms with E-state index in [0.29, 0.717) is 19.0 Å². The van der Waals surface area contributed by atoms with Crippen molar-refractivity contribution >= 4 is 21.6 Å². The first-order valence-corrected chi connectivity index (χ1v) is 7.63. The third-order valence-electron chi connectivity index (χ3n) is 2.24. The number of alkyl halides is 1. The van der Waals surface area contributed by atoms with E-state index in [4.69, 9.17) is 16.3 Å². The molecule has 0 bridgehead atoms. The Labute approximate surface area is 104 Å². The number of nitrogens with one attached hydrogen (secondary N) is 1. The van der Waals surface area contributed by atoms with Crippen molar-refractivity contribution in [1.29, 1.82) is 0 Å². The van der Waals surface area contributed by atoms with Crippen LogP contribution in [0.2, 0.25) is 0 Å². The van der Waals surface area contributed by atoms with Crippen LogP contribution in [0.25, 0.3) is 0 Å². The van der Waals surface area contributed by atoms with Crippen LogP contribution >= 0.6 is 11.6 Å². The quantitative estimate of drug-likeness (QED) is 0.512. The number of hydrogen-bond acceptors (Lipinski definition) is 3. The normalized spacial score (nSPS) is 13.0. The second-order valence-electron chi connectivity index (χ2n) is 4.44. The number of ether oxygens (including phenoxy) is 1. The summed E-state index contributed by atoms with van der Waals surface area (Å²) in [5.74, 6) is 0.547. The molecule has 1 N–H and O–H groups in total. The first-order valence-electron chi connectivity index (χ1n) is 5.44. The summed E-state index contributed by atoms with van der Waals surface area (Å²) in [5.41, 5.74) is -0.111. The lowest BCUT2D eigenvalue weighted by atomic mass is 9.91. The van der Waals surface area contributed by atoms with Gasteiger partial charge >= 0.3 is 0 Å². The maximum atomic E-state index is 11.5.